The third-order valence-electron chi connectivity index (χ3n) is 1.11. The molecule has 3 heteroatoms. The SMILES string of the molecule is Br.Br.[Fe].[cH-]1[cH-][cH-][cH-][cH-]1.c1cc[cH-]c1. The van der Waals surface area contributed by atoms with Gasteiger partial charge in [-0.05, 0) is 0 Å². The van der Waals surface area contributed by atoms with Gasteiger partial charge in [-0.2, -0.15) is 18.2 Å². The maximum atomic E-state index is 2.00. The fourth-order valence-electron chi connectivity index (χ4n) is 0.642. The van der Waals surface area contributed by atoms with Crippen LogP contribution in [-0.4, -0.2) is 0 Å². The smallest absolute Gasteiger partial charge is 0 e. The second-order valence-electron chi connectivity index (χ2n) is 1.92. The molecule has 0 spiro atoms. The number of rotatable bonds is 0. The minimum Gasteiger partial charge on any atom is -0.748 e. The van der Waals surface area contributed by atoms with Crippen LogP contribution < -0.4 is 0 Å². The summed E-state index contributed by atoms with van der Waals surface area (Å²) in [5.41, 5.74) is 0. The molecular weight excluding hydrogens is 336 g/mol. The minimum absolute atomic E-state index is 0. The normalized spacial score (nSPS) is 6.15. The summed E-state index contributed by atoms with van der Waals surface area (Å²) in [4.78, 5) is 0. The molecule has 0 radical (unpaired) electrons. The van der Waals surface area contributed by atoms with Crippen LogP contribution in [0.15, 0.2) is 60.7 Å². The van der Waals surface area contributed by atoms with Crippen molar-refractivity contribution in [3.05, 3.63) is 60.7 Å². The van der Waals surface area contributed by atoms with E-state index in [4.69, 9.17) is 0 Å². The van der Waals surface area contributed by atoms with Gasteiger partial charge in [-0.1, -0.05) is 0 Å². The fraction of sp³-hybridized carbons (Fsp3) is 0. The maximum absolute atomic E-state index is 2.00. The van der Waals surface area contributed by atoms with E-state index in [1.807, 2.05) is 60.7 Å². The Kier molecular flexibility index (Phi) is 21.3. The molecule has 0 atom stereocenters. The fourth-order valence-corrected chi connectivity index (χ4v) is 0.642. The van der Waals surface area contributed by atoms with Crippen LogP contribution in [0.1, 0.15) is 0 Å². The Bertz CT molecular complexity index is 152. The van der Waals surface area contributed by atoms with Gasteiger partial charge in [0.25, 0.3) is 0 Å². The van der Waals surface area contributed by atoms with Crippen LogP contribution in [-0.2, 0) is 17.1 Å². The van der Waals surface area contributed by atoms with Gasteiger partial charge in [0.05, 0.1) is 0 Å². The summed E-state index contributed by atoms with van der Waals surface area (Å²) in [6.07, 6.45) is 0. The molecule has 0 N–H and O–H groups in total. The molecule has 0 aromatic heterocycles. The second kappa shape index (κ2) is 14.7. The summed E-state index contributed by atoms with van der Waals surface area (Å²) < 4.78 is 0. The van der Waals surface area contributed by atoms with E-state index in [0.717, 1.165) is 0 Å². The van der Waals surface area contributed by atoms with Crippen LogP contribution in [0, 0.1) is 0 Å². The first-order valence-electron chi connectivity index (χ1n) is 3.33. The van der Waals surface area contributed by atoms with E-state index in [1.54, 1.807) is 0 Å². The Labute approximate surface area is 111 Å². The first kappa shape index (κ1) is 18.9. The van der Waals surface area contributed by atoms with Crippen molar-refractivity contribution in [1.29, 1.82) is 0 Å². The van der Waals surface area contributed by atoms with Crippen molar-refractivity contribution in [2.75, 3.05) is 0 Å². The van der Waals surface area contributed by atoms with Gasteiger partial charge in [0.15, 0.2) is 0 Å². The molecule has 13 heavy (non-hydrogen) atoms. The minimum atomic E-state index is 0. The molecule has 0 unspecified atom stereocenters. The number of hydrogen-bond donors (Lipinski definition) is 0. The largest absolute Gasteiger partial charge is 0.748 e. The average Bonchev–Trinajstić information content (AvgIpc) is 2.67. The van der Waals surface area contributed by atoms with Crippen molar-refractivity contribution >= 4 is 34.0 Å². The van der Waals surface area contributed by atoms with Gasteiger partial charge in [0.2, 0.25) is 0 Å². The zero-order valence-electron chi connectivity index (χ0n) is 6.94. The van der Waals surface area contributed by atoms with Crippen LogP contribution in [0.2, 0.25) is 0 Å². The van der Waals surface area contributed by atoms with Crippen molar-refractivity contribution in [3.63, 3.8) is 0 Å². The van der Waals surface area contributed by atoms with E-state index >= 15 is 0 Å². The van der Waals surface area contributed by atoms with Crippen LogP contribution in [0.3, 0.4) is 0 Å². The van der Waals surface area contributed by atoms with E-state index in [-0.39, 0.29) is 51.0 Å². The second-order valence-corrected chi connectivity index (χ2v) is 1.92. The molecule has 0 heterocycles. The first-order chi connectivity index (χ1) is 5.00. The molecule has 2 rings (SSSR count). The summed E-state index contributed by atoms with van der Waals surface area (Å²) >= 11 is 0. The van der Waals surface area contributed by atoms with E-state index in [9.17, 15) is 0 Å². The van der Waals surface area contributed by atoms with Crippen LogP contribution in [0.4, 0.5) is 0 Å². The summed E-state index contributed by atoms with van der Waals surface area (Å²) in [5, 5.41) is 0. The van der Waals surface area contributed by atoms with Gasteiger partial charge >= 0.3 is 0 Å². The Morgan fingerprint density at radius 1 is 0.615 bits per heavy atom. The van der Waals surface area contributed by atoms with Crippen LogP contribution in [0.5, 0.6) is 0 Å². The summed E-state index contributed by atoms with van der Waals surface area (Å²) in [5.74, 6) is 0. The summed E-state index contributed by atoms with van der Waals surface area (Å²) in [6, 6.07) is 20.0. The molecule has 0 bridgehead atoms. The molecule has 0 fully saturated rings. The van der Waals surface area contributed by atoms with Gasteiger partial charge in [-0.25, -0.2) is 12.1 Å². The maximum Gasteiger partial charge on any atom is 0 e. The predicted molar refractivity (Wildman–Crippen MR) is 64.7 cm³/mol. The van der Waals surface area contributed by atoms with E-state index in [2.05, 4.69) is 0 Å². The molecule has 0 aliphatic carbocycles. The van der Waals surface area contributed by atoms with Crippen molar-refractivity contribution < 1.29 is 17.1 Å². The molecule has 2 aromatic carbocycles. The van der Waals surface area contributed by atoms with Crippen LogP contribution >= 0.6 is 34.0 Å². The van der Waals surface area contributed by atoms with Crippen LogP contribution in [0.25, 0.3) is 0 Å². The number of halogens is 2. The Morgan fingerprint density at radius 2 is 0.923 bits per heavy atom. The van der Waals surface area contributed by atoms with Gasteiger partial charge in [0, 0.05) is 17.1 Å². The van der Waals surface area contributed by atoms with Crippen molar-refractivity contribution in [3.8, 4) is 0 Å². The van der Waals surface area contributed by atoms with Gasteiger partial charge in [-0.15, -0.1) is 34.0 Å². The molecule has 2 aromatic rings. The molecule has 0 aliphatic heterocycles. The third kappa shape index (κ3) is 12.2. The van der Waals surface area contributed by atoms with Gasteiger partial charge in [-0.3, -0.25) is 0 Å². The Hall–Kier alpha value is 0.179. The quantitative estimate of drug-likeness (QED) is 0.500. The van der Waals surface area contributed by atoms with Crippen molar-refractivity contribution in [1.82, 2.24) is 0 Å². The predicted octanol–water partition coefficient (Wildman–Crippen LogP) is 3.96. The molecule has 0 aliphatic rings. The molecule has 80 valence electrons. The zero-order valence-corrected chi connectivity index (χ0v) is 11.5. The van der Waals surface area contributed by atoms with Gasteiger partial charge < -0.3 is 30.3 Å². The molecule has 0 amide bonds. The monoisotopic (exact) mass is 346 g/mol. The number of hydrogen-bond acceptors (Lipinski definition) is 0. The molecule has 0 saturated heterocycles. The Balaban J connectivity index is -0.000000125. The van der Waals surface area contributed by atoms with Crippen molar-refractivity contribution in [2.24, 2.45) is 0 Å². The molecule has 0 nitrogen and oxygen atoms in total. The summed E-state index contributed by atoms with van der Waals surface area (Å²) in [6.45, 7) is 0. The van der Waals surface area contributed by atoms with E-state index < -0.39 is 0 Å². The average molecular weight is 348 g/mol. The van der Waals surface area contributed by atoms with Gasteiger partial charge in [0.1, 0.15) is 0 Å². The molecule has 0 saturated carbocycles. The topological polar surface area (TPSA) is 0 Å². The summed E-state index contributed by atoms with van der Waals surface area (Å²) in [7, 11) is 0. The standard InChI is InChI=1S/2C5H5.2BrH.Fe/c2*1-2-4-5-3-1;;;/h2*1-5H;2*1H;/q-5;-1;;;. The zero-order chi connectivity index (χ0) is 7.07. The van der Waals surface area contributed by atoms with Crippen molar-refractivity contribution in [2.45, 2.75) is 0 Å². The van der Waals surface area contributed by atoms with E-state index in [0.29, 0.717) is 0 Å². The third-order valence-corrected chi connectivity index (χ3v) is 1.11. The molecular formula is C10H12Br2Fe-6. The van der Waals surface area contributed by atoms with E-state index in [1.165, 1.54) is 0 Å². The Morgan fingerprint density at radius 3 is 1.08 bits per heavy atom. The first-order valence-corrected chi connectivity index (χ1v) is 3.33.